The molecule has 0 fully saturated rings. The first-order chi connectivity index (χ1) is 10.2. The molecule has 21 heavy (non-hydrogen) atoms. The van der Waals surface area contributed by atoms with Gasteiger partial charge in [-0.25, -0.2) is 0 Å². The van der Waals surface area contributed by atoms with Gasteiger partial charge in [0.05, 0.1) is 6.04 Å². The summed E-state index contributed by atoms with van der Waals surface area (Å²) in [7, 11) is 6.17. The monoisotopic (exact) mass is 282 g/mol. The minimum absolute atomic E-state index is 0.237. The summed E-state index contributed by atoms with van der Waals surface area (Å²) in [5.41, 5.74) is 5.26. The maximum absolute atomic E-state index is 3.43. The Hall–Kier alpha value is -1.80. The SMILES string of the molecule is CCCc1ccc(C(NC)c2cccc(N(C)C)c2)cc1. The Morgan fingerprint density at radius 2 is 1.71 bits per heavy atom. The highest BCUT2D eigenvalue weighted by atomic mass is 15.1. The van der Waals surface area contributed by atoms with Crippen LogP contribution in [-0.4, -0.2) is 21.1 Å². The summed E-state index contributed by atoms with van der Waals surface area (Å²) in [6.45, 7) is 2.22. The minimum Gasteiger partial charge on any atom is -0.378 e. The summed E-state index contributed by atoms with van der Waals surface area (Å²) in [6.07, 6.45) is 2.35. The maximum Gasteiger partial charge on any atom is 0.0575 e. The van der Waals surface area contributed by atoms with E-state index in [1.165, 1.54) is 28.8 Å². The van der Waals surface area contributed by atoms with Gasteiger partial charge >= 0.3 is 0 Å². The zero-order valence-corrected chi connectivity index (χ0v) is 13.6. The Labute approximate surface area is 128 Å². The van der Waals surface area contributed by atoms with Crippen LogP contribution in [-0.2, 0) is 6.42 Å². The van der Waals surface area contributed by atoms with E-state index in [0.717, 1.165) is 6.42 Å². The minimum atomic E-state index is 0.237. The van der Waals surface area contributed by atoms with Crippen LogP contribution < -0.4 is 10.2 Å². The number of nitrogens with one attached hydrogen (secondary N) is 1. The van der Waals surface area contributed by atoms with Gasteiger partial charge in [-0.2, -0.15) is 0 Å². The Morgan fingerprint density at radius 1 is 1.00 bits per heavy atom. The molecule has 1 atom stereocenters. The third kappa shape index (κ3) is 3.85. The smallest absolute Gasteiger partial charge is 0.0575 e. The van der Waals surface area contributed by atoms with Gasteiger partial charge in [0.15, 0.2) is 0 Å². The number of benzene rings is 2. The summed E-state index contributed by atoms with van der Waals surface area (Å²) >= 11 is 0. The van der Waals surface area contributed by atoms with Crippen LogP contribution >= 0.6 is 0 Å². The first-order valence-corrected chi connectivity index (χ1v) is 7.69. The number of hydrogen-bond acceptors (Lipinski definition) is 2. The quantitative estimate of drug-likeness (QED) is 0.861. The second-order valence-electron chi connectivity index (χ2n) is 5.70. The van der Waals surface area contributed by atoms with Crippen LogP contribution in [0.3, 0.4) is 0 Å². The molecule has 0 amide bonds. The Morgan fingerprint density at radius 3 is 2.29 bits per heavy atom. The molecule has 2 rings (SSSR count). The molecule has 1 unspecified atom stereocenters. The molecule has 2 nitrogen and oxygen atoms in total. The molecule has 0 bridgehead atoms. The average Bonchev–Trinajstić information content (AvgIpc) is 2.50. The van der Waals surface area contributed by atoms with Crippen molar-refractivity contribution >= 4 is 5.69 Å². The predicted octanol–water partition coefficient (Wildman–Crippen LogP) is 4.01. The lowest BCUT2D eigenvalue weighted by Crippen LogP contribution is -2.18. The van der Waals surface area contributed by atoms with E-state index in [9.17, 15) is 0 Å². The third-order valence-corrected chi connectivity index (χ3v) is 3.86. The van der Waals surface area contributed by atoms with Crippen molar-refractivity contribution in [1.82, 2.24) is 5.32 Å². The van der Waals surface area contributed by atoms with E-state index in [1.807, 2.05) is 7.05 Å². The van der Waals surface area contributed by atoms with Gasteiger partial charge in [-0.1, -0.05) is 49.7 Å². The van der Waals surface area contributed by atoms with Gasteiger partial charge in [0, 0.05) is 19.8 Å². The van der Waals surface area contributed by atoms with Crippen molar-refractivity contribution in [2.45, 2.75) is 25.8 Å². The van der Waals surface area contributed by atoms with E-state index in [4.69, 9.17) is 0 Å². The summed E-state index contributed by atoms with van der Waals surface area (Å²) < 4.78 is 0. The molecule has 2 aromatic carbocycles. The topological polar surface area (TPSA) is 15.3 Å². The van der Waals surface area contributed by atoms with Crippen molar-refractivity contribution in [2.24, 2.45) is 0 Å². The zero-order chi connectivity index (χ0) is 15.2. The van der Waals surface area contributed by atoms with Crippen molar-refractivity contribution in [3.05, 3.63) is 65.2 Å². The van der Waals surface area contributed by atoms with Gasteiger partial charge in [-0.15, -0.1) is 0 Å². The summed E-state index contributed by atoms with van der Waals surface area (Å²) in [4.78, 5) is 2.14. The molecule has 0 aliphatic heterocycles. The molecule has 2 aromatic rings. The fourth-order valence-corrected chi connectivity index (χ4v) is 2.67. The second-order valence-corrected chi connectivity index (χ2v) is 5.70. The van der Waals surface area contributed by atoms with Crippen LogP contribution in [0.2, 0.25) is 0 Å². The molecule has 0 saturated heterocycles. The molecule has 2 heteroatoms. The van der Waals surface area contributed by atoms with E-state index in [1.54, 1.807) is 0 Å². The predicted molar refractivity (Wildman–Crippen MR) is 92.1 cm³/mol. The lowest BCUT2D eigenvalue weighted by atomic mass is 9.96. The number of anilines is 1. The molecule has 0 aliphatic carbocycles. The summed E-state index contributed by atoms with van der Waals surface area (Å²) in [5, 5.41) is 3.43. The fraction of sp³-hybridized carbons (Fsp3) is 0.368. The second kappa shape index (κ2) is 7.28. The molecule has 112 valence electrons. The van der Waals surface area contributed by atoms with E-state index < -0.39 is 0 Å². The van der Waals surface area contributed by atoms with Gasteiger partial charge < -0.3 is 10.2 Å². The van der Waals surface area contributed by atoms with Gasteiger partial charge in [-0.3, -0.25) is 0 Å². The van der Waals surface area contributed by atoms with Gasteiger partial charge in [0.2, 0.25) is 0 Å². The average molecular weight is 282 g/mol. The van der Waals surface area contributed by atoms with Crippen molar-refractivity contribution in [3.63, 3.8) is 0 Å². The molecule has 0 radical (unpaired) electrons. The third-order valence-electron chi connectivity index (χ3n) is 3.86. The molecule has 1 N–H and O–H groups in total. The molecule has 0 aromatic heterocycles. The summed E-state index contributed by atoms with van der Waals surface area (Å²) in [6, 6.07) is 17.9. The lowest BCUT2D eigenvalue weighted by molar-refractivity contribution is 0.691. The zero-order valence-electron chi connectivity index (χ0n) is 13.6. The molecular formula is C19H26N2. The first-order valence-electron chi connectivity index (χ1n) is 7.69. The largest absolute Gasteiger partial charge is 0.378 e. The highest BCUT2D eigenvalue weighted by Crippen LogP contribution is 2.25. The van der Waals surface area contributed by atoms with E-state index in [2.05, 4.69) is 79.8 Å². The lowest BCUT2D eigenvalue weighted by Gasteiger charge is -2.20. The van der Waals surface area contributed by atoms with Crippen LogP contribution in [0, 0.1) is 0 Å². The van der Waals surface area contributed by atoms with Crippen LogP contribution in [0.15, 0.2) is 48.5 Å². The van der Waals surface area contributed by atoms with Gasteiger partial charge in [0.1, 0.15) is 0 Å². The van der Waals surface area contributed by atoms with Crippen molar-refractivity contribution in [1.29, 1.82) is 0 Å². The van der Waals surface area contributed by atoms with Gasteiger partial charge in [0.25, 0.3) is 0 Å². The molecule has 0 heterocycles. The number of rotatable bonds is 6. The highest BCUT2D eigenvalue weighted by Gasteiger charge is 2.12. The highest BCUT2D eigenvalue weighted by molar-refractivity contribution is 5.49. The van der Waals surface area contributed by atoms with Crippen LogP contribution in [0.4, 0.5) is 5.69 Å². The van der Waals surface area contributed by atoms with Crippen molar-refractivity contribution in [3.8, 4) is 0 Å². The van der Waals surface area contributed by atoms with Crippen molar-refractivity contribution in [2.75, 3.05) is 26.0 Å². The number of nitrogens with zero attached hydrogens (tertiary/aromatic N) is 1. The molecular weight excluding hydrogens is 256 g/mol. The normalized spacial score (nSPS) is 12.2. The van der Waals surface area contributed by atoms with Crippen LogP contribution in [0.1, 0.15) is 36.1 Å². The Balaban J connectivity index is 2.28. The Kier molecular flexibility index (Phi) is 5.40. The van der Waals surface area contributed by atoms with E-state index in [-0.39, 0.29) is 6.04 Å². The summed E-state index contributed by atoms with van der Waals surface area (Å²) in [5.74, 6) is 0. The standard InChI is InChI=1S/C19H26N2/c1-5-7-15-10-12-16(13-11-15)19(20-2)17-8-6-9-18(14-17)21(3)4/h6,8-14,19-20H,5,7H2,1-4H3. The van der Waals surface area contributed by atoms with E-state index >= 15 is 0 Å². The molecule has 0 saturated carbocycles. The van der Waals surface area contributed by atoms with Crippen molar-refractivity contribution < 1.29 is 0 Å². The van der Waals surface area contributed by atoms with Crippen LogP contribution in [0.25, 0.3) is 0 Å². The van der Waals surface area contributed by atoms with Crippen LogP contribution in [0.5, 0.6) is 0 Å². The number of hydrogen-bond donors (Lipinski definition) is 1. The first kappa shape index (κ1) is 15.6. The maximum atomic E-state index is 3.43. The molecule has 0 spiro atoms. The Bertz CT molecular complexity index is 558. The van der Waals surface area contributed by atoms with Gasteiger partial charge in [-0.05, 0) is 42.3 Å². The van der Waals surface area contributed by atoms with E-state index in [0.29, 0.717) is 0 Å². The number of aryl methyl sites for hydroxylation is 1. The molecule has 0 aliphatic rings. The fourth-order valence-electron chi connectivity index (χ4n) is 2.67.